The third-order valence-electron chi connectivity index (χ3n) is 6.59. The van der Waals surface area contributed by atoms with Gasteiger partial charge < -0.3 is 14.6 Å². The van der Waals surface area contributed by atoms with Crippen LogP contribution in [0.5, 0.6) is 11.5 Å². The number of carbonyl (C=O) groups excluding carboxylic acids is 2. The molecule has 1 aliphatic heterocycles. The van der Waals surface area contributed by atoms with Crippen LogP contribution in [-0.4, -0.2) is 40.5 Å². The highest BCUT2D eigenvalue weighted by Gasteiger charge is 2.48. The average Bonchev–Trinajstić information content (AvgIpc) is 3.46. The zero-order valence-electron chi connectivity index (χ0n) is 22.2. The van der Waals surface area contributed by atoms with E-state index in [1.54, 1.807) is 30.3 Å². The molecule has 2 aromatic carbocycles. The quantitative estimate of drug-likeness (QED) is 0.164. The van der Waals surface area contributed by atoms with Crippen molar-refractivity contribution in [3.63, 3.8) is 0 Å². The number of ether oxygens (including phenoxy) is 2. The molecule has 0 saturated carbocycles. The minimum atomic E-state index is -0.932. The third-order valence-corrected chi connectivity index (χ3v) is 7.61. The molecule has 200 valence electrons. The molecule has 0 bridgehead atoms. The molecule has 9 heteroatoms. The summed E-state index contributed by atoms with van der Waals surface area (Å²) in [7, 11) is 1.54. The first-order chi connectivity index (χ1) is 18.8. The highest BCUT2D eigenvalue weighted by molar-refractivity contribution is 7.22. The number of ketones is 1. The lowest BCUT2D eigenvalue weighted by Gasteiger charge is -2.24. The van der Waals surface area contributed by atoms with Gasteiger partial charge in [0, 0.05) is 18.0 Å². The topological polar surface area (TPSA) is 102 Å². The number of aryl methyl sites for hydroxylation is 1. The Morgan fingerprint density at radius 3 is 2.56 bits per heavy atom. The van der Waals surface area contributed by atoms with Crippen molar-refractivity contribution in [1.82, 2.24) is 9.97 Å². The van der Waals surface area contributed by atoms with Crippen molar-refractivity contribution in [2.45, 2.75) is 33.2 Å². The number of Topliss-reactive ketones (excluding diaryl/α,β-unsaturated/α-hetero) is 1. The van der Waals surface area contributed by atoms with Crippen molar-refractivity contribution < 1.29 is 24.2 Å². The van der Waals surface area contributed by atoms with Crippen molar-refractivity contribution >= 4 is 44.1 Å². The second-order valence-corrected chi connectivity index (χ2v) is 10.8. The Balaban J connectivity index is 1.66. The summed E-state index contributed by atoms with van der Waals surface area (Å²) in [6.45, 7) is 6.76. The van der Waals surface area contributed by atoms with Crippen LogP contribution in [-0.2, 0) is 9.59 Å². The lowest BCUT2D eigenvalue weighted by atomic mass is 9.95. The molecule has 1 atom stereocenters. The maximum absolute atomic E-state index is 13.5. The molecule has 39 heavy (non-hydrogen) atoms. The summed E-state index contributed by atoms with van der Waals surface area (Å²) in [5.74, 6) is -0.324. The lowest BCUT2D eigenvalue weighted by Crippen LogP contribution is -2.29. The molecule has 0 spiro atoms. The summed E-state index contributed by atoms with van der Waals surface area (Å²) >= 11 is 1.32. The number of nitrogens with zero attached hydrogens (tertiary/aromatic N) is 3. The Kier molecular flexibility index (Phi) is 7.34. The number of aromatic nitrogens is 2. The molecule has 1 unspecified atom stereocenters. The molecule has 4 aromatic rings. The molecule has 0 aliphatic carbocycles. The van der Waals surface area contributed by atoms with Crippen LogP contribution in [0.3, 0.4) is 0 Å². The van der Waals surface area contributed by atoms with Crippen molar-refractivity contribution in [2.24, 2.45) is 5.92 Å². The van der Waals surface area contributed by atoms with Crippen LogP contribution in [0.25, 0.3) is 16.0 Å². The number of hydrogen-bond acceptors (Lipinski definition) is 8. The Bertz CT molecular complexity index is 1580. The Morgan fingerprint density at radius 2 is 1.85 bits per heavy atom. The molecule has 1 amide bonds. The first-order valence-corrected chi connectivity index (χ1v) is 13.5. The van der Waals surface area contributed by atoms with Gasteiger partial charge in [-0.15, -0.1) is 0 Å². The van der Waals surface area contributed by atoms with Gasteiger partial charge in [-0.2, -0.15) is 0 Å². The molecule has 1 N–H and O–H groups in total. The largest absolute Gasteiger partial charge is 0.507 e. The van der Waals surface area contributed by atoms with E-state index in [2.05, 4.69) is 23.8 Å². The maximum Gasteiger partial charge on any atom is 0.301 e. The van der Waals surface area contributed by atoms with E-state index in [4.69, 9.17) is 9.47 Å². The summed E-state index contributed by atoms with van der Waals surface area (Å²) < 4.78 is 12.5. The van der Waals surface area contributed by atoms with E-state index in [1.165, 1.54) is 35.7 Å². The van der Waals surface area contributed by atoms with Crippen LogP contribution in [0.2, 0.25) is 0 Å². The van der Waals surface area contributed by atoms with Gasteiger partial charge in [0.1, 0.15) is 5.76 Å². The molecule has 8 nitrogen and oxygen atoms in total. The fourth-order valence-corrected chi connectivity index (χ4v) is 5.60. The third kappa shape index (κ3) is 5.09. The van der Waals surface area contributed by atoms with Crippen LogP contribution < -0.4 is 14.4 Å². The molecule has 5 rings (SSSR count). The predicted molar refractivity (Wildman–Crippen MR) is 151 cm³/mol. The summed E-state index contributed by atoms with van der Waals surface area (Å²) in [5.41, 5.74) is 2.72. The van der Waals surface area contributed by atoms with Crippen LogP contribution in [0.1, 0.15) is 43.0 Å². The van der Waals surface area contributed by atoms with Crippen molar-refractivity contribution in [3.05, 3.63) is 83.2 Å². The van der Waals surface area contributed by atoms with Gasteiger partial charge in [0.05, 0.1) is 35.5 Å². The highest BCUT2D eigenvalue weighted by atomic mass is 32.1. The fourth-order valence-electron chi connectivity index (χ4n) is 4.51. The zero-order valence-corrected chi connectivity index (χ0v) is 23.0. The van der Waals surface area contributed by atoms with Crippen LogP contribution in [0.15, 0.2) is 66.5 Å². The molecule has 2 aromatic heterocycles. The van der Waals surface area contributed by atoms with Gasteiger partial charge in [-0.3, -0.25) is 19.5 Å². The number of amides is 1. The number of methoxy groups -OCH3 is 1. The Labute approximate surface area is 230 Å². The normalized spacial score (nSPS) is 16.8. The molecule has 0 radical (unpaired) electrons. The minimum Gasteiger partial charge on any atom is -0.507 e. The standard InChI is InChI=1S/C30H29N3O5S/c1-17(2)11-14-38-22-8-6-20(16-23(22)37-4)26-25(27(34)19-9-12-31-13-10-19)28(35)29(36)33(26)30-32-21-7-5-18(3)15-24(21)39-30/h5-10,12-13,15-17,26,34H,11,14H2,1-4H3/b27-25+. The van der Waals surface area contributed by atoms with E-state index in [-0.39, 0.29) is 11.3 Å². The van der Waals surface area contributed by atoms with E-state index < -0.39 is 17.7 Å². The Morgan fingerprint density at radius 1 is 1.08 bits per heavy atom. The monoisotopic (exact) mass is 543 g/mol. The number of pyridine rings is 1. The number of hydrogen-bond donors (Lipinski definition) is 1. The van der Waals surface area contributed by atoms with E-state index >= 15 is 0 Å². The number of aliphatic hydroxyl groups excluding tert-OH is 1. The smallest absolute Gasteiger partial charge is 0.301 e. The van der Waals surface area contributed by atoms with Crippen molar-refractivity contribution in [3.8, 4) is 11.5 Å². The SMILES string of the molecule is COc1cc(C2/C(=C(\O)c3ccncc3)C(=O)C(=O)N2c2nc3ccc(C)cc3s2)ccc1OCCC(C)C. The van der Waals surface area contributed by atoms with Crippen LogP contribution in [0.4, 0.5) is 5.13 Å². The summed E-state index contributed by atoms with van der Waals surface area (Å²) in [4.78, 5) is 37.1. The van der Waals surface area contributed by atoms with Crippen molar-refractivity contribution in [1.29, 1.82) is 0 Å². The van der Waals surface area contributed by atoms with Gasteiger partial charge in [-0.1, -0.05) is 37.3 Å². The number of thiazole rings is 1. The van der Waals surface area contributed by atoms with Crippen molar-refractivity contribution in [2.75, 3.05) is 18.6 Å². The van der Waals surface area contributed by atoms with E-state index in [0.29, 0.717) is 40.3 Å². The molecular formula is C30H29N3O5S. The van der Waals surface area contributed by atoms with Gasteiger partial charge in [0.25, 0.3) is 5.78 Å². The molecule has 1 saturated heterocycles. The van der Waals surface area contributed by atoms with Gasteiger partial charge >= 0.3 is 5.91 Å². The first kappa shape index (κ1) is 26.4. The second-order valence-electron chi connectivity index (χ2n) is 9.81. The molecular weight excluding hydrogens is 514 g/mol. The minimum absolute atomic E-state index is 0.0304. The number of aliphatic hydroxyl groups is 1. The fraction of sp³-hybridized carbons (Fsp3) is 0.267. The molecule has 1 fully saturated rings. The zero-order chi connectivity index (χ0) is 27.7. The van der Waals surface area contributed by atoms with Gasteiger partial charge in [0.2, 0.25) is 0 Å². The highest BCUT2D eigenvalue weighted by Crippen LogP contribution is 2.45. The Hall–Kier alpha value is -4.24. The van der Waals surface area contributed by atoms with Gasteiger partial charge in [-0.25, -0.2) is 4.98 Å². The maximum atomic E-state index is 13.5. The number of carbonyl (C=O) groups is 2. The number of benzene rings is 2. The lowest BCUT2D eigenvalue weighted by molar-refractivity contribution is -0.132. The second kappa shape index (κ2) is 10.9. The molecule has 3 heterocycles. The average molecular weight is 544 g/mol. The number of anilines is 1. The number of rotatable bonds is 8. The van der Waals surface area contributed by atoms with Gasteiger partial charge in [-0.05, 0) is 66.8 Å². The summed E-state index contributed by atoms with van der Waals surface area (Å²) in [6.07, 6.45) is 3.92. The van der Waals surface area contributed by atoms with Crippen LogP contribution >= 0.6 is 11.3 Å². The molecule has 1 aliphatic rings. The summed E-state index contributed by atoms with van der Waals surface area (Å²) in [6, 6.07) is 13.4. The number of fused-ring (bicyclic) bond motifs is 1. The van der Waals surface area contributed by atoms with E-state index in [0.717, 1.165) is 22.2 Å². The summed E-state index contributed by atoms with van der Waals surface area (Å²) in [5, 5.41) is 11.7. The van der Waals surface area contributed by atoms with E-state index in [1.807, 2.05) is 25.1 Å². The first-order valence-electron chi connectivity index (χ1n) is 12.7. The predicted octanol–water partition coefficient (Wildman–Crippen LogP) is 6.06. The van der Waals surface area contributed by atoms with Crippen LogP contribution in [0, 0.1) is 12.8 Å². The van der Waals surface area contributed by atoms with Gasteiger partial charge in [0.15, 0.2) is 16.6 Å². The van der Waals surface area contributed by atoms with E-state index in [9.17, 15) is 14.7 Å².